The first-order valence-electron chi connectivity index (χ1n) is 4.55. The van der Waals surface area contributed by atoms with Gasteiger partial charge in [0.2, 0.25) is 0 Å². The number of hydrogen-bond acceptors (Lipinski definition) is 2. The van der Waals surface area contributed by atoms with Crippen LogP contribution in [-0.4, -0.2) is 16.2 Å². The molecular formula is C12H10O3. The number of carboxylic acid groups (broad SMARTS) is 1. The summed E-state index contributed by atoms with van der Waals surface area (Å²) in [6.45, 7) is 1.85. The Morgan fingerprint density at radius 1 is 1.27 bits per heavy atom. The van der Waals surface area contributed by atoms with E-state index in [4.69, 9.17) is 5.11 Å². The summed E-state index contributed by atoms with van der Waals surface area (Å²) in [4.78, 5) is 10.9. The van der Waals surface area contributed by atoms with Gasteiger partial charge in [-0.3, -0.25) is 0 Å². The molecule has 0 atom stereocenters. The third kappa shape index (κ3) is 1.52. The number of hydrogen-bond donors (Lipinski definition) is 2. The summed E-state index contributed by atoms with van der Waals surface area (Å²) in [5.74, 6) is -1.01. The van der Waals surface area contributed by atoms with Crippen LogP contribution in [0.25, 0.3) is 10.8 Å². The van der Waals surface area contributed by atoms with E-state index in [0.29, 0.717) is 5.39 Å². The number of aryl methyl sites for hydroxylation is 1. The quantitative estimate of drug-likeness (QED) is 0.747. The SMILES string of the molecule is Cc1cc(O)c2c(C(=O)O)cccc2c1. The fraction of sp³-hybridized carbons (Fsp3) is 0.0833. The molecule has 76 valence electrons. The molecule has 0 aromatic heterocycles. The van der Waals surface area contributed by atoms with Gasteiger partial charge in [0.1, 0.15) is 5.75 Å². The highest BCUT2D eigenvalue weighted by atomic mass is 16.4. The summed E-state index contributed by atoms with van der Waals surface area (Å²) in [5.41, 5.74) is 1.03. The van der Waals surface area contributed by atoms with E-state index >= 15 is 0 Å². The van der Waals surface area contributed by atoms with Crippen LogP contribution < -0.4 is 0 Å². The molecule has 2 aromatic rings. The van der Waals surface area contributed by atoms with Crippen LogP contribution in [0.4, 0.5) is 0 Å². The molecule has 2 rings (SSSR count). The second kappa shape index (κ2) is 3.28. The number of carbonyl (C=O) groups is 1. The number of phenols is 1. The summed E-state index contributed by atoms with van der Waals surface area (Å²) < 4.78 is 0. The molecule has 0 unspecified atom stereocenters. The van der Waals surface area contributed by atoms with Gasteiger partial charge in [-0.1, -0.05) is 18.2 Å². The van der Waals surface area contributed by atoms with Crippen molar-refractivity contribution in [2.24, 2.45) is 0 Å². The van der Waals surface area contributed by atoms with Crippen molar-refractivity contribution in [2.45, 2.75) is 6.92 Å². The largest absolute Gasteiger partial charge is 0.507 e. The second-order valence-electron chi connectivity index (χ2n) is 3.49. The Morgan fingerprint density at radius 3 is 2.67 bits per heavy atom. The Kier molecular flexibility index (Phi) is 2.08. The molecule has 0 heterocycles. The minimum absolute atomic E-state index is 0.0167. The molecule has 0 aliphatic heterocycles. The van der Waals surface area contributed by atoms with Crippen molar-refractivity contribution in [1.82, 2.24) is 0 Å². The molecule has 0 fully saturated rings. The average molecular weight is 202 g/mol. The van der Waals surface area contributed by atoms with Gasteiger partial charge in [0.05, 0.1) is 5.56 Å². The number of benzene rings is 2. The standard InChI is InChI=1S/C12H10O3/c1-7-5-8-3-2-4-9(12(14)15)11(8)10(13)6-7/h2-6,13H,1H3,(H,14,15). The molecule has 0 aliphatic rings. The Hall–Kier alpha value is -2.03. The zero-order valence-corrected chi connectivity index (χ0v) is 8.19. The van der Waals surface area contributed by atoms with Gasteiger partial charge in [-0.05, 0) is 30.0 Å². The highest BCUT2D eigenvalue weighted by Crippen LogP contribution is 2.29. The topological polar surface area (TPSA) is 57.5 Å². The third-order valence-corrected chi connectivity index (χ3v) is 2.33. The van der Waals surface area contributed by atoms with Crippen LogP contribution in [0.5, 0.6) is 5.75 Å². The van der Waals surface area contributed by atoms with Crippen molar-refractivity contribution in [1.29, 1.82) is 0 Å². The maximum atomic E-state index is 10.9. The van der Waals surface area contributed by atoms with Crippen molar-refractivity contribution in [3.63, 3.8) is 0 Å². The van der Waals surface area contributed by atoms with Gasteiger partial charge < -0.3 is 10.2 Å². The van der Waals surface area contributed by atoms with Crippen LogP contribution in [0.1, 0.15) is 15.9 Å². The molecule has 3 nitrogen and oxygen atoms in total. The Morgan fingerprint density at radius 2 is 2.00 bits per heavy atom. The fourth-order valence-corrected chi connectivity index (χ4v) is 1.73. The molecule has 0 bridgehead atoms. The lowest BCUT2D eigenvalue weighted by Gasteiger charge is -2.05. The number of aromatic hydroxyl groups is 1. The zero-order chi connectivity index (χ0) is 11.0. The molecule has 0 radical (unpaired) electrons. The van der Waals surface area contributed by atoms with E-state index in [9.17, 15) is 9.90 Å². The molecule has 15 heavy (non-hydrogen) atoms. The normalized spacial score (nSPS) is 10.5. The van der Waals surface area contributed by atoms with Crippen molar-refractivity contribution in [3.05, 3.63) is 41.5 Å². The van der Waals surface area contributed by atoms with Crippen molar-refractivity contribution in [3.8, 4) is 5.75 Å². The van der Waals surface area contributed by atoms with E-state index in [1.165, 1.54) is 6.07 Å². The zero-order valence-electron chi connectivity index (χ0n) is 8.19. The van der Waals surface area contributed by atoms with Crippen LogP contribution >= 0.6 is 0 Å². The maximum Gasteiger partial charge on any atom is 0.336 e. The molecule has 2 N–H and O–H groups in total. The first-order chi connectivity index (χ1) is 7.09. The monoisotopic (exact) mass is 202 g/mol. The first kappa shape index (κ1) is 9.52. The minimum atomic E-state index is -1.03. The van der Waals surface area contributed by atoms with Gasteiger partial charge in [0, 0.05) is 5.39 Å². The number of aromatic carboxylic acids is 1. The first-order valence-corrected chi connectivity index (χ1v) is 4.55. The number of rotatable bonds is 1. The van der Waals surface area contributed by atoms with Crippen molar-refractivity contribution >= 4 is 16.7 Å². The lowest BCUT2D eigenvalue weighted by molar-refractivity contribution is 0.0699. The van der Waals surface area contributed by atoms with Crippen LogP contribution in [0.2, 0.25) is 0 Å². The number of carboxylic acids is 1. The Bertz CT molecular complexity index is 544. The predicted octanol–water partition coefficient (Wildman–Crippen LogP) is 2.55. The van der Waals surface area contributed by atoms with Crippen molar-refractivity contribution < 1.29 is 15.0 Å². The van der Waals surface area contributed by atoms with E-state index in [-0.39, 0.29) is 11.3 Å². The van der Waals surface area contributed by atoms with Crippen molar-refractivity contribution in [2.75, 3.05) is 0 Å². The van der Waals surface area contributed by atoms with Crippen LogP contribution in [0, 0.1) is 6.92 Å². The Balaban J connectivity index is 2.91. The minimum Gasteiger partial charge on any atom is -0.507 e. The van der Waals surface area contributed by atoms with Crippen LogP contribution in [0.15, 0.2) is 30.3 Å². The summed E-state index contributed by atoms with van der Waals surface area (Å²) in [6, 6.07) is 8.36. The summed E-state index contributed by atoms with van der Waals surface area (Å²) in [5, 5.41) is 19.8. The molecule has 0 spiro atoms. The molecule has 0 aliphatic carbocycles. The van der Waals surface area contributed by atoms with E-state index in [1.54, 1.807) is 18.2 Å². The highest BCUT2D eigenvalue weighted by Gasteiger charge is 2.11. The Labute approximate surface area is 86.6 Å². The maximum absolute atomic E-state index is 10.9. The summed E-state index contributed by atoms with van der Waals surface area (Å²) in [6.07, 6.45) is 0. The molecule has 0 saturated carbocycles. The van der Waals surface area contributed by atoms with E-state index in [1.807, 2.05) is 13.0 Å². The lowest BCUT2D eigenvalue weighted by Crippen LogP contribution is -1.97. The van der Waals surface area contributed by atoms with E-state index in [2.05, 4.69) is 0 Å². The summed E-state index contributed by atoms with van der Waals surface area (Å²) >= 11 is 0. The average Bonchev–Trinajstić information content (AvgIpc) is 2.16. The molecule has 0 saturated heterocycles. The van der Waals surface area contributed by atoms with E-state index in [0.717, 1.165) is 10.9 Å². The van der Waals surface area contributed by atoms with Gasteiger partial charge in [0.15, 0.2) is 0 Å². The number of fused-ring (bicyclic) bond motifs is 1. The number of phenolic OH excluding ortho intramolecular Hbond substituents is 1. The second-order valence-corrected chi connectivity index (χ2v) is 3.49. The van der Waals surface area contributed by atoms with E-state index < -0.39 is 5.97 Å². The third-order valence-electron chi connectivity index (χ3n) is 2.33. The van der Waals surface area contributed by atoms with Gasteiger partial charge in [-0.15, -0.1) is 0 Å². The van der Waals surface area contributed by atoms with Gasteiger partial charge >= 0.3 is 5.97 Å². The molecular weight excluding hydrogens is 192 g/mol. The highest BCUT2D eigenvalue weighted by molar-refractivity contribution is 6.06. The van der Waals surface area contributed by atoms with Gasteiger partial charge in [-0.2, -0.15) is 0 Å². The summed E-state index contributed by atoms with van der Waals surface area (Å²) in [7, 11) is 0. The van der Waals surface area contributed by atoms with Crippen LogP contribution in [-0.2, 0) is 0 Å². The smallest absolute Gasteiger partial charge is 0.336 e. The fourth-order valence-electron chi connectivity index (χ4n) is 1.73. The van der Waals surface area contributed by atoms with Gasteiger partial charge in [0.25, 0.3) is 0 Å². The molecule has 3 heteroatoms. The lowest BCUT2D eigenvalue weighted by atomic mass is 10.0. The van der Waals surface area contributed by atoms with Crippen LogP contribution in [0.3, 0.4) is 0 Å². The predicted molar refractivity (Wildman–Crippen MR) is 57.3 cm³/mol. The van der Waals surface area contributed by atoms with Gasteiger partial charge in [-0.25, -0.2) is 4.79 Å². The molecule has 2 aromatic carbocycles. The molecule has 0 amide bonds.